The molecule has 0 saturated heterocycles. The number of hydrogen-bond acceptors (Lipinski definition) is 6. The molecule has 7 heteroatoms. The van der Waals surface area contributed by atoms with E-state index in [1.54, 1.807) is 6.92 Å². The fourth-order valence-electron chi connectivity index (χ4n) is 2.12. The lowest BCUT2D eigenvalue weighted by Crippen LogP contribution is -2.27. The van der Waals surface area contributed by atoms with Crippen molar-refractivity contribution in [2.45, 2.75) is 38.9 Å². The number of ether oxygens (including phenoxy) is 1. The predicted molar refractivity (Wildman–Crippen MR) is 98.8 cm³/mol. The summed E-state index contributed by atoms with van der Waals surface area (Å²) in [4.78, 5) is 15.9. The van der Waals surface area contributed by atoms with Gasteiger partial charge in [0, 0.05) is 13.5 Å². The number of rotatable bonds is 11. The molecule has 1 heterocycles. The van der Waals surface area contributed by atoms with Crippen LogP contribution in [0.25, 0.3) is 0 Å². The Balaban J connectivity index is 1.58. The number of carbonyl (C=O) groups excluding carboxylic acids is 1. The van der Waals surface area contributed by atoms with Gasteiger partial charge >= 0.3 is 0 Å². The van der Waals surface area contributed by atoms with E-state index in [4.69, 9.17) is 9.26 Å². The molecular formula is C18H25N3O3S. The van der Waals surface area contributed by atoms with E-state index in [0.717, 1.165) is 31.6 Å². The second-order valence-electron chi connectivity index (χ2n) is 5.67. The number of aromatic nitrogens is 2. The maximum absolute atomic E-state index is 11.8. The number of nitrogens with zero attached hydrogens (tertiary/aromatic N) is 2. The molecule has 25 heavy (non-hydrogen) atoms. The van der Waals surface area contributed by atoms with Crippen molar-refractivity contribution in [2.75, 3.05) is 18.9 Å². The summed E-state index contributed by atoms with van der Waals surface area (Å²) in [6.07, 6.45) is 3.00. The van der Waals surface area contributed by atoms with Crippen LogP contribution in [0.1, 0.15) is 37.0 Å². The minimum Gasteiger partial charge on any atom is -0.494 e. The van der Waals surface area contributed by atoms with E-state index in [1.165, 1.54) is 17.3 Å². The highest BCUT2D eigenvalue weighted by Crippen LogP contribution is 2.13. The quantitative estimate of drug-likeness (QED) is 0.618. The number of thioether (sulfide) groups is 1. The number of amides is 1. The van der Waals surface area contributed by atoms with Crippen LogP contribution in [0.5, 0.6) is 5.75 Å². The van der Waals surface area contributed by atoms with Crippen LogP contribution in [0.15, 0.2) is 28.8 Å². The number of aryl methyl sites for hydroxylation is 1. The molecule has 1 amide bonds. The zero-order valence-corrected chi connectivity index (χ0v) is 15.6. The lowest BCUT2D eigenvalue weighted by atomic mass is 10.1. The molecule has 1 aromatic heterocycles. The summed E-state index contributed by atoms with van der Waals surface area (Å²) >= 11 is 1.47. The molecule has 0 radical (unpaired) electrons. The van der Waals surface area contributed by atoms with Crippen molar-refractivity contribution in [3.05, 3.63) is 41.5 Å². The van der Waals surface area contributed by atoms with Gasteiger partial charge in [-0.1, -0.05) is 30.6 Å². The second kappa shape index (κ2) is 10.8. The summed E-state index contributed by atoms with van der Waals surface area (Å²) in [5.74, 6) is 3.04. The molecule has 2 rings (SSSR count). The summed E-state index contributed by atoms with van der Waals surface area (Å²) in [5, 5.41) is 6.72. The monoisotopic (exact) mass is 363 g/mol. The normalized spacial score (nSPS) is 10.6. The maximum Gasteiger partial charge on any atom is 0.230 e. The Labute approximate surface area is 152 Å². The smallest absolute Gasteiger partial charge is 0.230 e. The standard InChI is InChI=1S/C18H25N3O3S/c1-3-4-11-23-16-7-5-15(6-8-16)9-10-19-18(22)13-25-12-17-20-14(2)24-21-17/h5-8H,3-4,9-13H2,1-2H3,(H,19,22). The van der Waals surface area contributed by atoms with Gasteiger partial charge < -0.3 is 14.6 Å². The van der Waals surface area contributed by atoms with Gasteiger partial charge in [-0.15, -0.1) is 11.8 Å². The Morgan fingerprint density at radius 2 is 2.12 bits per heavy atom. The average molecular weight is 363 g/mol. The van der Waals surface area contributed by atoms with E-state index in [2.05, 4.69) is 22.4 Å². The van der Waals surface area contributed by atoms with Gasteiger partial charge in [0.25, 0.3) is 0 Å². The molecule has 2 aromatic rings. The van der Waals surface area contributed by atoms with Gasteiger partial charge in [-0.05, 0) is 30.5 Å². The van der Waals surface area contributed by atoms with E-state index >= 15 is 0 Å². The fraction of sp³-hybridized carbons (Fsp3) is 0.500. The lowest BCUT2D eigenvalue weighted by Gasteiger charge is -2.07. The molecule has 0 aliphatic heterocycles. The Morgan fingerprint density at radius 1 is 1.32 bits per heavy atom. The third kappa shape index (κ3) is 7.60. The van der Waals surface area contributed by atoms with Crippen LogP contribution in [0.3, 0.4) is 0 Å². The van der Waals surface area contributed by atoms with Crippen molar-refractivity contribution in [1.82, 2.24) is 15.5 Å². The first kappa shape index (κ1) is 19.3. The minimum absolute atomic E-state index is 0.0183. The van der Waals surface area contributed by atoms with Crippen molar-refractivity contribution in [1.29, 1.82) is 0 Å². The summed E-state index contributed by atoms with van der Waals surface area (Å²) in [7, 11) is 0. The molecule has 0 fully saturated rings. The third-order valence-corrected chi connectivity index (χ3v) is 4.39. The van der Waals surface area contributed by atoms with E-state index < -0.39 is 0 Å². The highest BCUT2D eigenvalue weighted by atomic mass is 32.2. The van der Waals surface area contributed by atoms with Gasteiger partial charge in [-0.2, -0.15) is 4.98 Å². The number of nitrogens with one attached hydrogen (secondary N) is 1. The van der Waals surface area contributed by atoms with E-state index in [1.807, 2.05) is 24.3 Å². The summed E-state index contributed by atoms with van der Waals surface area (Å²) in [6.45, 7) is 5.27. The number of hydrogen-bond donors (Lipinski definition) is 1. The van der Waals surface area contributed by atoms with E-state index in [0.29, 0.717) is 29.8 Å². The first-order valence-corrected chi connectivity index (χ1v) is 9.68. The van der Waals surface area contributed by atoms with Crippen LogP contribution >= 0.6 is 11.8 Å². The van der Waals surface area contributed by atoms with Gasteiger partial charge in [-0.3, -0.25) is 4.79 Å². The molecule has 0 aliphatic rings. The molecule has 0 aliphatic carbocycles. The Bertz CT molecular complexity index is 643. The average Bonchev–Trinajstić information content (AvgIpc) is 3.02. The Kier molecular flexibility index (Phi) is 8.31. The number of carbonyl (C=O) groups is 1. The molecule has 6 nitrogen and oxygen atoms in total. The van der Waals surface area contributed by atoms with E-state index in [9.17, 15) is 4.79 Å². The molecule has 1 N–H and O–H groups in total. The molecule has 1 aromatic carbocycles. The van der Waals surface area contributed by atoms with Gasteiger partial charge in [-0.25, -0.2) is 0 Å². The van der Waals surface area contributed by atoms with Gasteiger partial charge in [0.2, 0.25) is 11.8 Å². The van der Waals surface area contributed by atoms with Crippen molar-refractivity contribution < 1.29 is 14.1 Å². The van der Waals surface area contributed by atoms with E-state index in [-0.39, 0.29) is 5.91 Å². The first-order valence-electron chi connectivity index (χ1n) is 8.52. The summed E-state index contributed by atoms with van der Waals surface area (Å²) in [5.41, 5.74) is 1.18. The fourth-order valence-corrected chi connectivity index (χ4v) is 2.81. The topological polar surface area (TPSA) is 77.2 Å². The molecular weight excluding hydrogens is 338 g/mol. The third-order valence-electron chi connectivity index (χ3n) is 3.46. The predicted octanol–water partition coefficient (Wildman–Crippen LogP) is 3.15. The maximum atomic E-state index is 11.8. The number of unbranched alkanes of at least 4 members (excludes halogenated alkanes) is 1. The van der Waals surface area contributed by atoms with Crippen LogP contribution in [0, 0.1) is 6.92 Å². The van der Waals surface area contributed by atoms with Crippen molar-refractivity contribution in [2.24, 2.45) is 0 Å². The molecule has 0 unspecified atom stereocenters. The number of benzene rings is 1. The van der Waals surface area contributed by atoms with Crippen LogP contribution in [0.2, 0.25) is 0 Å². The summed E-state index contributed by atoms with van der Waals surface area (Å²) < 4.78 is 10.5. The molecule has 0 bridgehead atoms. The van der Waals surface area contributed by atoms with Crippen molar-refractivity contribution >= 4 is 17.7 Å². The van der Waals surface area contributed by atoms with Crippen LogP contribution in [-0.2, 0) is 17.0 Å². The molecule has 0 atom stereocenters. The Hall–Kier alpha value is -2.02. The molecule has 0 saturated carbocycles. The van der Waals surface area contributed by atoms with Crippen LogP contribution in [0.4, 0.5) is 0 Å². The summed E-state index contributed by atoms with van der Waals surface area (Å²) in [6, 6.07) is 8.05. The zero-order valence-electron chi connectivity index (χ0n) is 14.8. The van der Waals surface area contributed by atoms with Gasteiger partial charge in [0.15, 0.2) is 5.82 Å². The van der Waals surface area contributed by atoms with Gasteiger partial charge in [0.05, 0.1) is 18.1 Å². The largest absolute Gasteiger partial charge is 0.494 e. The van der Waals surface area contributed by atoms with Crippen LogP contribution < -0.4 is 10.1 Å². The minimum atomic E-state index is 0.0183. The Morgan fingerprint density at radius 3 is 2.80 bits per heavy atom. The van der Waals surface area contributed by atoms with Crippen LogP contribution in [-0.4, -0.2) is 35.0 Å². The van der Waals surface area contributed by atoms with Gasteiger partial charge in [0.1, 0.15) is 5.75 Å². The van der Waals surface area contributed by atoms with Crippen molar-refractivity contribution in [3.63, 3.8) is 0 Å². The molecule has 0 spiro atoms. The highest BCUT2D eigenvalue weighted by Gasteiger charge is 2.05. The highest BCUT2D eigenvalue weighted by molar-refractivity contribution is 7.99. The van der Waals surface area contributed by atoms with Crippen molar-refractivity contribution in [3.8, 4) is 5.75 Å². The first-order chi connectivity index (χ1) is 12.2. The second-order valence-corrected chi connectivity index (χ2v) is 6.65. The molecule has 136 valence electrons. The SMILES string of the molecule is CCCCOc1ccc(CCNC(=O)CSCc2noc(C)n2)cc1. The lowest BCUT2D eigenvalue weighted by molar-refractivity contribution is -0.118. The zero-order chi connectivity index (χ0) is 17.9.